The molecule has 26 heavy (non-hydrogen) atoms. The lowest BCUT2D eigenvalue weighted by molar-refractivity contribution is 0.0692. The molecular weight excluding hydrogens is 333 g/mol. The molecule has 0 amide bonds. The largest absolute Gasteiger partial charge is 0.478 e. The predicted octanol–water partition coefficient (Wildman–Crippen LogP) is 3.78. The fourth-order valence-corrected chi connectivity index (χ4v) is 3.32. The van der Waals surface area contributed by atoms with E-state index in [4.69, 9.17) is 5.11 Å². The van der Waals surface area contributed by atoms with Crippen molar-refractivity contribution in [3.63, 3.8) is 0 Å². The molecule has 1 fully saturated rings. The van der Waals surface area contributed by atoms with Crippen molar-refractivity contribution in [3.8, 4) is 6.07 Å². The summed E-state index contributed by atoms with van der Waals surface area (Å²) in [5.74, 6) is -1.99. The first-order chi connectivity index (χ1) is 12.5. The number of carboxylic acids is 1. The van der Waals surface area contributed by atoms with E-state index in [-0.39, 0.29) is 11.6 Å². The van der Waals surface area contributed by atoms with Crippen molar-refractivity contribution in [2.75, 3.05) is 23.3 Å². The first-order valence-corrected chi connectivity index (χ1v) is 8.53. The van der Waals surface area contributed by atoms with E-state index in [1.165, 1.54) is 12.1 Å². The Labute approximate surface area is 151 Å². The number of nitrogens with zero attached hydrogens (tertiary/aromatic N) is 2. The molecule has 0 radical (unpaired) electrons. The zero-order chi connectivity index (χ0) is 18.7. The number of benzene rings is 2. The van der Waals surface area contributed by atoms with Crippen molar-refractivity contribution in [1.29, 1.82) is 5.26 Å². The van der Waals surface area contributed by atoms with Crippen LogP contribution in [0.15, 0.2) is 36.4 Å². The molecule has 6 heteroatoms. The molecule has 0 aliphatic carbocycles. The van der Waals surface area contributed by atoms with E-state index in [1.807, 2.05) is 24.3 Å². The highest BCUT2D eigenvalue weighted by Gasteiger charge is 2.22. The molecule has 2 aromatic rings. The molecule has 0 saturated carbocycles. The number of hydrogen-bond donors (Lipinski definition) is 2. The summed E-state index contributed by atoms with van der Waals surface area (Å²) in [5.41, 5.74) is 2.63. The maximum Gasteiger partial charge on any atom is 0.338 e. The second kappa shape index (κ2) is 7.44. The average Bonchev–Trinajstić information content (AvgIpc) is 2.64. The Morgan fingerprint density at radius 1 is 1.31 bits per heavy atom. The van der Waals surface area contributed by atoms with Crippen molar-refractivity contribution >= 4 is 17.3 Å². The van der Waals surface area contributed by atoms with E-state index in [0.29, 0.717) is 16.8 Å². The van der Waals surface area contributed by atoms with Gasteiger partial charge in [-0.05, 0) is 49.6 Å². The molecule has 3 rings (SSSR count). The van der Waals surface area contributed by atoms with E-state index in [9.17, 15) is 14.4 Å². The normalized spacial score (nSPS) is 14.7. The molecule has 0 spiro atoms. The standard InChI is InChI=1S/C20H20FN3O2/c1-13-10-17(21)16(20(25)26)11-18(13)23-15-6-8-24(9-7-15)19-5-3-2-4-14(19)12-22/h2-5,10-11,15,23H,6-9H2,1H3,(H,25,26). The van der Waals surface area contributed by atoms with Gasteiger partial charge in [0, 0.05) is 24.8 Å². The summed E-state index contributed by atoms with van der Waals surface area (Å²) in [5, 5.41) is 21.7. The van der Waals surface area contributed by atoms with Crippen LogP contribution in [-0.2, 0) is 0 Å². The fourth-order valence-electron chi connectivity index (χ4n) is 3.32. The van der Waals surface area contributed by atoms with Crippen LogP contribution in [0, 0.1) is 24.1 Å². The van der Waals surface area contributed by atoms with Gasteiger partial charge in [0.2, 0.25) is 0 Å². The number of anilines is 2. The van der Waals surface area contributed by atoms with Gasteiger partial charge in [-0.2, -0.15) is 5.26 Å². The number of rotatable bonds is 4. The van der Waals surface area contributed by atoms with Crippen LogP contribution in [0.25, 0.3) is 0 Å². The smallest absolute Gasteiger partial charge is 0.338 e. The molecule has 0 aromatic heterocycles. The van der Waals surface area contributed by atoms with E-state index >= 15 is 0 Å². The lowest BCUT2D eigenvalue weighted by atomic mass is 10.0. The zero-order valence-electron chi connectivity index (χ0n) is 14.5. The molecule has 1 aliphatic heterocycles. The monoisotopic (exact) mass is 353 g/mol. The van der Waals surface area contributed by atoms with Crippen molar-refractivity contribution in [2.24, 2.45) is 0 Å². The third-order valence-electron chi connectivity index (χ3n) is 4.76. The quantitative estimate of drug-likeness (QED) is 0.875. The molecule has 2 N–H and O–H groups in total. The number of halogens is 1. The minimum Gasteiger partial charge on any atom is -0.478 e. The van der Waals surface area contributed by atoms with Crippen molar-refractivity contribution < 1.29 is 14.3 Å². The van der Waals surface area contributed by atoms with E-state index in [2.05, 4.69) is 16.3 Å². The lowest BCUT2D eigenvalue weighted by Crippen LogP contribution is -2.39. The number of nitrogens with one attached hydrogen (secondary N) is 1. The van der Waals surface area contributed by atoms with Gasteiger partial charge in [-0.15, -0.1) is 0 Å². The third-order valence-corrected chi connectivity index (χ3v) is 4.76. The maximum atomic E-state index is 13.7. The summed E-state index contributed by atoms with van der Waals surface area (Å²) >= 11 is 0. The van der Waals surface area contributed by atoms with Gasteiger partial charge in [-0.25, -0.2) is 9.18 Å². The molecule has 1 heterocycles. The van der Waals surface area contributed by atoms with E-state index in [0.717, 1.165) is 31.6 Å². The Bertz CT molecular complexity index is 868. The highest BCUT2D eigenvalue weighted by atomic mass is 19.1. The molecule has 0 unspecified atom stereocenters. The fraction of sp³-hybridized carbons (Fsp3) is 0.300. The number of aromatic carboxylic acids is 1. The Morgan fingerprint density at radius 2 is 2.00 bits per heavy atom. The Balaban J connectivity index is 1.69. The maximum absolute atomic E-state index is 13.7. The minimum atomic E-state index is -1.27. The minimum absolute atomic E-state index is 0.173. The van der Waals surface area contributed by atoms with Crippen LogP contribution in [0.2, 0.25) is 0 Å². The summed E-state index contributed by atoms with van der Waals surface area (Å²) in [4.78, 5) is 13.3. The number of hydrogen-bond acceptors (Lipinski definition) is 4. The summed E-state index contributed by atoms with van der Waals surface area (Å²) in [7, 11) is 0. The summed E-state index contributed by atoms with van der Waals surface area (Å²) < 4.78 is 13.7. The SMILES string of the molecule is Cc1cc(F)c(C(=O)O)cc1NC1CCN(c2ccccc2C#N)CC1. The van der Waals surface area contributed by atoms with Crippen LogP contribution in [0.4, 0.5) is 15.8 Å². The number of carbonyl (C=O) groups is 1. The van der Waals surface area contributed by atoms with E-state index < -0.39 is 11.8 Å². The van der Waals surface area contributed by atoms with Crippen LogP contribution < -0.4 is 10.2 Å². The second-order valence-corrected chi connectivity index (χ2v) is 6.49. The van der Waals surface area contributed by atoms with Gasteiger partial charge in [0.05, 0.1) is 16.8 Å². The van der Waals surface area contributed by atoms with Gasteiger partial charge in [0.25, 0.3) is 0 Å². The van der Waals surface area contributed by atoms with Gasteiger partial charge in [0.15, 0.2) is 0 Å². The van der Waals surface area contributed by atoms with Crippen LogP contribution in [0.1, 0.15) is 34.3 Å². The summed E-state index contributed by atoms with van der Waals surface area (Å²) in [6, 6.07) is 12.6. The topological polar surface area (TPSA) is 76.4 Å². The zero-order valence-corrected chi connectivity index (χ0v) is 14.5. The number of para-hydroxylation sites is 1. The van der Waals surface area contributed by atoms with Crippen molar-refractivity contribution in [2.45, 2.75) is 25.8 Å². The lowest BCUT2D eigenvalue weighted by Gasteiger charge is -2.35. The van der Waals surface area contributed by atoms with Crippen LogP contribution in [0.3, 0.4) is 0 Å². The first kappa shape index (κ1) is 17.7. The Kier molecular flexibility index (Phi) is 5.08. The highest BCUT2D eigenvalue weighted by Crippen LogP contribution is 2.27. The van der Waals surface area contributed by atoms with Crippen LogP contribution in [0.5, 0.6) is 0 Å². The molecule has 0 atom stereocenters. The average molecular weight is 353 g/mol. The van der Waals surface area contributed by atoms with Gasteiger partial charge in [0.1, 0.15) is 11.9 Å². The van der Waals surface area contributed by atoms with Crippen molar-refractivity contribution in [3.05, 3.63) is 58.9 Å². The predicted molar refractivity (Wildman–Crippen MR) is 98.1 cm³/mol. The Hall–Kier alpha value is -3.07. The van der Waals surface area contributed by atoms with Gasteiger partial charge in [-0.1, -0.05) is 12.1 Å². The number of nitriles is 1. The molecule has 134 valence electrons. The number of aryl methyl sites for hydroxylation is 1. The van der Waals surface area contributed by atoms with E-state index in [1.54, 1.807) is 6.92 Å². The second-order valence-electron chi connectivity index (χ2n) is 6.49. The highest BCUT2D eigenvalue weighted by molar-refractivity contribution is 5.89. The van der Waals surface area contributed by atoms with Crippen LogP contribution >= 0.6 is 0 Å². The molecule has 1 saturated heterocycles. The molecular formula is C20H20FN3O2. The molecule has 0 bridgehead atoms. The summed E-state index contributed by atoms with van der Waals surface area (Å²) in [6.07, 6.45) is 1.69. The third kappa shape index (κ3) is 3.62. The number of piperidine rings is 1. The first-order valence-electron chi connectivity index (χ1n) is 8.53. The molecule has 5 nitrogen and oxygen atoms in total. The van der Waals surface area contributed by atoms with Gasteiger partial charge in [-0.3, -0.25) is 0 Å². The summed E-state index contributed by atoms with van der Waals surface area (Å²) in [6.45, 7) is 3.35. The molecule has 2 aromatic carbocycles. The van der Waals surface area contributed by atoms with Gasteiger partial charge < -0.3 is 15.3 Å². The Morgan fingerprint density at radius 3 is 2.65 bits per heavy atom. The number of carboxylic acid groups (broad SMARTS) is 1. The van der Waals surface area contributed by atoms with Crippen LogP contribution in [-0.4, -0.2) is 30.2 Å². The van der Waals surface area contributed by atoms with Crippen molar-refractivity contribution in [1.82, 2.24) is 0 Å². The molecule has 1 aliphatic rings. The van der Waals surface area contributed by atoms with Gasteiger partial charge >= 0.3 is 5.97 Å².